The third-order valence-corrected chi connectivity index (χ3v) is 8.63. The number of fused-ring (bicyclic) bond motifs is 1. The van der Waals surface area contributed by atoms with Gasteiger partial charge < -0.3 is 20.0 Å². The fourth-order valence-electron chi connectivity index (χ4n) is 6.41. The number of nitrogens with zero attached hydrogens (tertiary/aromatic N) is 3. The highest BCUT2D eigenvalue weighted by Crippen LogP contribution is 2.37. The van der Waals surface area contributed by atoms with Crippen LogP contribution in [0.1, 0.15) is 34.2 Å². The highest BCUT2D eigenvalue weighted by molar-refractivity contribution is 5.98. The van der Waals surface area contributed by atoms with Crippen molar-refractivity contribution in [2.24, 2.45) is 0 Å². The third-order valence-electron chi connectivity index (χ3n) is 8.63. The summed E-state index contributed by atoms with van der Waals surface area (Å²) < 4.78 is 0. The van der Waals surface area contributed by atoms with Crippen molar-refractivity contribution in [2.45, 2.75) is 24.5 Å². The lowest BCUT2D eigenvalue weighted by molar-refractivity contribution is -0.155. The number of amides is 3. The van der Waals surface area contributed by atoms with Crippen LogP contribution in [0.15, 0.2) is 133 Å². The average Bonchev–Trinajstić information content (AvgIpc) is 3.23. The van der Waals surface area contributed by atoms with E-state index in [9.17, 15) is 14.4 Å². The zero-order chi connectivity index (χ0) is 31.9. The van der Waals surface area contributed by atoms with Crippen LogP contribution in [-0.4, -0.2) is 64.6 Å². The van der Waals surface area contributed by atoms with Crippen LogP contribution in [0.25, 0.3) is 0 Å². The SMILES string of the molecule is C#CCN1C=C(C(=O)NCc2ccccc2)[C@H]2CN(CC(c3ccccc3)c3ccccc3)C(=O)[C@H](c3ccccc3)N2C(=O)C1. The van der Waals surface area contributed by atoms with E-state index in [1.54, 1.807) is 16.0 Å². The maximum Gasteiger partial charge on any atom is 0.251 e. The first-order valence-corrected chi connectivity index (χ1v) is 15.5. The highest BCUT2D eigenvalue weighted by Gasteiger charge is 2.48. The Balaban J connectivity index is 1.42. The van der Waals surface area contributed by atoms with Gasteiger partial charge in [0.05, 0.1) is 24.7 Å². The van der Waals surface area contributed by atoms with Crippen LogP contribution in [0.4, 0.5) is 0 Å². The molecule has 0 radical (unpaired) electrons. The molecule has 0 aliphatic carbocycles. The van der Waals surface area contributed by atoms with Crippen LogP contribution in [0.3, 0.4) is 0 Å². The molecule has 2 aliphatic rings. The second kappa shape index (κ2) is 14.0. The van der Waals surface area contributed by atoms with Crippen LogP contribution in [0, 0.1) is 12.3 Å². The Labute approximate surface area is 270 Å². The van der Waals surface area contributed by atoms with Gasteiger partial charge in [0.2, 0.25) is 11.8 Å². The van der Waals surface area contributed by atoms with Gasteiger partial charge in [-0.2, -0.15) is 0 Å². The minimum atomic E-state index is -0.907. The molecule has 0 aromatic heterocycles. The Kier molecular flexibility index (Phi) is 9.26. The summed E-state index contributed by atoms with van der Waals surface area (Å²) in [7, 11) is 0. The molecule has 230 valence electrons. The summed E-state index contributed by atoms with van der Waals surface area (Å²) in [6.07, 6.45) is 7.39. The number of hydrogen-bond donors (Lipinski definition) is 1. The largest absolute Gasteiger partial charge is 0.357 e. The number of hydrogen-bond acceptors (Lipinski definition) is 4. The van der Waals surface area contributed by atoms with Gasteiger partial charge in [0.1, 0.15) is 6.04 Å². The van der Waals surface area contributed by atoms with Gasteiger partial charge in [0, 0.05) is 31.8 Å². The van der Waals surface area contributed by atoms with E-state index < -0.39 is 12.1 Å². The molecular weight excluding hydrogens is 572 g/mol. The van der Waals surface area contributed by atoms with Crippen molar-refractivity contribution in [3.8, 4) is 12.3 Å². The van der Waals surface area contributed by atoms with Gasteiger partial charge in [-0.05, 0) is 22.3 Å². The van der Waals surface area contributed by atoms with Gasteiger partial charge in [-0.25, -0.2) is 0 Å². The number of terminal acetylenes is 1. The zero-order valence-corrected chi connectivity index (χ0v) is 25.5. The minimum Gasteiger partial charge on any atom is -0.357 e. The molecule has 1 N–H and O–H groups in total. The molecule has 0 unspecified atom stereocenters. The number of carbonyl (C=O) groups is 3. The standard InChI is InChI=1S/C39H36N4O3/c1-2-23-41-25-34(38(45)40-24-29-15-7-3-8-16-29)35-27-42(26-33(30-17-9-4-10-18-30)31-19-11-5-12-20-31)39(46)37(43(35)36(44)28-41)32-21-13-6-14-22-32/h1,3-22,25,33,35,37H,23-24,26-28H2,(H,40,45)/t35-,37+/m1/s1. The van der Waals surface area contributed by atoms with E-state index in [0.29, 0.717) is 24.2 Å². The van der Waals surface area contributed by atoms with Crippen LogP contribution < -0.4 is 5.32 Å². The summed E-state index contributed by atoms with van der Waals surface area (Å²) in [4.78, 5) is 47.8. The van der Waals surface area contributed by atoms with Crippen molar-refractivity contribution in [1.29, 1.82) is 0 Å². The maximum absolute atomic E-state index is 14.6. The van der Waals surface area contributed by atoms with Crippen LogP contribution in [0.2, 0.25) is 0 Å². The van der Waals surface area contributed by atoms with Crippen LogP contribution >= 0.6 is 0 Å². The molecule has 2 heterocycles. The predicted octanol–water partition coefficient (Wildman–Crippen LogP) is 4.75. The van der Waals surface area contributed by atoms with E-state index in [-0.39, 0.29) is 43.3 Å². The summed E-state index contributed by atoms with van der Waals surface area (Å²) in [5.74, 6) is 1.75. The molecule has 1 fully saturated rings. The second-order valence-corrected chi connectivity index (χ2v) is 11.6. The molecule has 46 heavy (non-hydrogen) atoms. The van der Waals surface area contributed by atoms with Crippen molar-refractivity contribution >= 4 is 17.7 Å². The predicted molar refractivity (Wildman–Crippen MR) is 178 cm³/mol. The fraction of sp³-hybridized carbons (Fsp3) is 0.205. The molecule has 2 atom stereocenters. The molecule has 4 aromatic rings. The number of nitrogens with one attached hydrogen (secondary N) is 1. The fourth-order valence-corrected chi connectivity index (χ4v) is 6.41. The first kappa shape index (κ1) is 30.4. The number of carbonyl (C=O) groups excluding carboxylic acids is 3. The highest BCUT2D eigenvalue weighted by atomic mass is 16.2. The molecule has 7 nitrogen and oxygen atoms in total. The van der Waals surface area contributed by atoms with Crippen molar-refractivity contribution < 1.29 is 14.4 Å². The summed E-state index contributed by atoms with van der Waals surface area (Å²) >= 11 is 0. The maximum atomic E-state index is 14.6. The van der Waals surface area contributed by atoms with E-state index in [1.807, 2.05) is 102 Å². The molecule has 4 aromatic carbocycles. The smallest absolute Gasteiger partial charge is 0.251 e. The zero-order valence-electron chi connectivity index (χ0n) is 25.5. The molecule has 0 spiro atoms. The van der Waals surface area contributed by atoms with Crippen molar-refractivity contribution in [3.63, 3.8) is 0 Å². The van der Waals surface area contributed by atoms with Gasteiger partial charge in [-0.3, -0.25) is 14.4 Å². The lowest BCUT2D eigenvalue weighted by atomic mass is 9.88. The number of benzene rings is 4. The van der Waals surface area contributed by atoms with E-state index in [1.165, 1.54) is 0 Å². The minimum absolute atomic E-state index is 0.0383. The summed E-state index contributed by atoms with van der Waals surface area (Å²) in [5.41, 5.74) is 4.20. The van der Waals surface area contributed by atoms with Crippen molar-refractivity contribution in [2.75, 3.05) is 26.2 Å². The molecule has 7 heteroatoms. The molecule has 2 aliphatic heterocycles. The summed E-state index contributed by atoms with van der Waals surface area (Å²) in [6.45, 7) is 0.977. The van der Waals surface area contributed by atoms with Gasteiger partial charge in [-0.1, -0.05) is 127 Å². The first-order valence-electron chi connectivity index (χ1n) is 15.5. The van der Waals surface area contributed by atoms with Crippen molar-refractivity contribution in [1.82, 2.24) is 20.0 Å². The van der Waals surface area contributed by atoms with Gasteiger partial charge in [-0.15, -0.1) is 6.42 Å². The molecule has 6 rings (SSSR count). The van der Waals surface area contributed by atoms with E-state index in [4.69, 9.17) is 6.42 Å². The topological polar surface area (TPSA) is 73.0 Å². The Bertz CT molecular complexity index is 1700. The third kappa shape index (κ3) is 6.57. The monoisotopic (exact) mass is 608 g/mol. The van der Waals surface area contributed by atoms with E-state index in [0.717, 1.165) is 16.7 Å². The lowest BCUT2D eigenvalue weighted by Crippen LogP contribution is -2.61. The Morgan fingerprint density at radius 3 is 1.98 bits per heavy atom. The second-order valence-electron chi connectivity index (χ2n) is 11.6. The molecule has 1 saturated heterocycles. The van der Waals surface area contributed by atoms with Crippen LogP contribution in [0.5, 0.6) is 0 Å². The van der Waals surface area contributed by atoms with E-state index in [2.05, 4.69) is 35.5 Å². The van der Waals surface area contributed by atoms with Gasteiger partial charge in [0.15, 0.2) is 0 Å². The molecule has 0 bridgehead atoms. The number of piperazine rings is 1. The Morgan fingerprint density at radius 2 is 1.39 bits per heavy atom. The van der Waals surface area contributed by atoms with E-state index >= 15 is 0 Å². The van der Waals surface area contributed by atoms with Crippen molar-refractivity contribution in [3.05, 3.63) is 155 Å². The van der Waals surface area contributed by atoms with Crippen LogP contribution in [-0.2, 0) is 20.9 Å². The summed E-state index contributed by atoms with van der Waals surface area (Å²) in [6, 6.07) is 37.7. The first-order chi connectivity index (χ1) is 22.5. The average molecular weight is 609 g/mol. The molecule has 3 amide bonds. The van der Waals surface area contributed by atoms with Gasteiger partial charge >= 0.3 is 0 Å². The molecule has 0 saturated carbocycles. The lowest BCUT2D eigenvalue weighted by Gasteiger charge is -2.46. The molecular formula is C39H36N4O3. The Hall–Kier alpha value is -5.61. The summed E-state index contributed by atoms with van der Waals surface area (Å²) in [5, 5.41) is 3.05. The van der Waals surface area contributed by atoms with Gasteiger partial charge in [0.25, 0.3) is 5.91 Å². The number of rotatable bonds is 9. The Morgan fingerprint density at radius 1 is 0.826 bits per heavy atom. The normalized spacial score (nSPS) is 18.0. The quantitative estimate of drug-likeness (QED) is 0.279.